The molecule has 4 nitrogen and oxygen atoms in total. The maximum absolute atomic E-state index is 11.1. The van der Waals surface area contributed by atoms with E-state index in [4.69, 9.17) is 9.47 Å². The molecule has 0 aliphatic heterocycles. The van der Waals surface area contributed by atoms with Gasteiger partial charge in [-0.1, -0.05) is 66.2 Å². The predicted octanol–water partition coefficient (Wildman–Crippen LogP) is 9.26. The standard InChI is InChI=1S/2C11H22O2S.2C4H9.Sn/c2*1-3-5-6-10(4-2)9-13-11(12)7-8-14;2*1-3-4-2;/h2*10,14H,3-9H2,1-2H3;2*1,3-4H2,2H3;. The van der Waals surface area contributed by atoms with E-state index in [2.05, 4.69) is 66.8 Å². The van der Waals surface area contributed by atoms with E-state index in [0.29, 0.717) is 49.4 Å². The van der Waals surface area contributed by atoms with Crippen molar-refractivity contribution in [1.82, 2.24) is 0 Å². The zero-order valence-electron chi connectivity index (χ0n) is 25.3. The minimum atomic E-state index is -0.116. The molecular weight excluding hydrogens is 607 g/mol. The Kier molecular flexibility index (Phi) is 41.3. The van der Waals surface area contributed by atoms with Gasteiger partial charge in [-0.05, 0) is 24.7 Å². The molecule has 0 bridgehead atoms. The third-order valence-electron chi connectivity index (χ3n) is 6.09. The summed E-state index contributed by atoms with van der Waals surface area (Å²) in [5.41, 5.74) is 0. The van der Waals surface area contributed by atoms with Gasteiger partial charge in [0.1, 0.15) is 0 Å². The van der Waals surface area contributed by atoms with E-state index in [1.807, 2.05) is 0 Å². The third kappa shape index (κ3) is 36.4. The molecule has 7 heteroatoms. The Morgan fingerprint density at radius 3 is 1.24 bits per heavy atom. The van der Waals surface area contributed by atoms with E-state index in [0.717, 1.165) is 12.8 Å². The third-order valence-corrected chi connectivity index (χ3v) is 10.6. The summed E-state index contributed by atoms with van der Waals surface area (Å²) in [5, 5.41) is 0. The van der Waals surface area contributed by atoms with E-state index in [1.165, 1.54) is 64.2 Å². The molecule has 0 aromatic carbocycles. The Morgan fingerprint density at radius 2 is 0.973 bits per heavy atom. The molecular formula is C30H62O4S2Sn. The van der Waals surface area contributed by atoms with Crippen molar-refractivity contribution in [2.45, 2.75) is 140 Å². The first-order chi connectivity index (χ1) is 17.9. The molecule has 2 radical (unpaired) electrons. The van der Waals surface area contributed by atoms with Crippen LogP contribution in [0, 0.1) is 11.8 Å². The van der Waals surface area contributed by atoms with Gasteiger partial charge in [0.15, 0.2) is 0 Å². The number of ether oxygens (including phenoxy) is 2. The molecule has 2 atom stereocenters. The molecule has 0 heterocycles. The average Bonchev–Trinajstić information content (AvgIpc) is 2.90. The predicted molar refractivity (Wildman–Crippen MR) is 171 cm³/mol. The van der Waals surface area contributed by atoms with Crippen molar-refractivity contribution in [3.05, 3.63) is 0 Å². The van der Waals surface area contributed by atoms with Gasteiger partial charge in [0.05, 0.1) is 26.1 Å². The van der Waals surface area contributed by atoms with E-state index < -0.39 is 0 Å². The molecule has 2 unspecified atom stereocenters. The fourth-order valence-corrected chi connectivity index (χ4v) is 7.80. The molecule has 0 fully saturated rings. The van der Waals surface area contributed by atoms with Gasteiger partial charge in [-0.25, -0.2) is 0 Å². The summed E-state index contributed by atoms with van der Waals surface area (Å²) in [6, 6.07) is 0. The van der Waals surface area contributed by atoms with Crippen LogP contribution in [-0.2, 0) is 19.1 Å². The molecule has 222 valence electrons. The van der Waals surface area contributed by atoms with Gasteiger partial charge in [-0.2, -0.15) is 25.3 Å². The van der Waals surface area contributed by atoms with Crippen LogP contribution in [0.5, 0.6) is 0 Å². The summed E-state index contributed by atoms with van der Waals surface area (Å²) in [5.74, 6) is 2.00. The summed E-state index contributed by atoms with van der Waals surface area (Å²) in [6.45, 7) is 14.4. The molecule has 37 heavy (non-hydrogen) atoms. The Morgan fingerprint density at radius 1 is 0.622 bits per heavy atom. The van der Waals surface area contributed by atoms with Crippen molar-refractivity contribution >= 4 is 58.3 Å². The Labute approximate surface area is 253 Å². The van der Waals surface area contributed by atoms with E-state index in [1.54, 1.807) is 8.87 Å². The minimum absolute atomic E-state index is 0.116. The summed E-state index contributed by atoms with van der Waals surface area (Å²) in [6.07, 6.45) is 16.1. The summed E-state index contributed by atoms with van der Waals surface area (Å²) >= 11 is 8.12. The number of hydrogen-bond donors (Lipinski definition) is 2. The Balaban J connectivity index is -0.000000481. The van der Waals surface area contributed by atoms with Crippen LogP contribution in [0.25, 0.3) is 0 Å². The fraction of sp³-hybridized carbons (Fsp3) is 0.933. The molecule has 0 aromatic rings. The van der Waals surface area contributed by atoms with Gasteiger partial charge in [0.2, 0.25) is 0 Å². The SMILES string of the molecule is CCCCC(CC)COC(=O)CCS.CCCCC(CC)COC(=O)CCS.CCC[CH2][Sn][CH2]CCC. The zero-order chi connectivity index (χ0) is 28.6. The normalized spacial score (nSPS) is 11.9. The topological polar surface area (TPSA) is 52.6 Å². The van der Waals surface area contributed by atoms with Gasteiger partial charge in [0.25, 0.3) is 0 Å². The van der Waals surface area contributed by atoms with Crippen LogP contribution >= 0.6 is 25.3 Å². The number of thiol groups is 2. The van der Waals surface area contributed by atoms with Crippen molar-refractivity contribution in [3.63, 3.8) is 0 Å². The number of carbonyl (C=O) groups is 2. The first kappa shape index (κ1) is 41.9. The van der Waals surface area contributed by atoms with Crippen molar-refractivity contribution < 1.29 is 19.1 Å². The maximum atomic E-state index is 11.1. The van der Waals surface area contributed by atoms with Gasteiger partial charge in [-0.15, -0.1) is 0 Å². The zero-order valence-corrected chi connectivity index (χ0v) is 30.0. The molecule has 0 spiro atoms. The van der Waals surface area contributed by atoms with Crippen LogP contribution in [0.3, 0.4) is 0 Å². The van der Waals surface area contributed by atoms with Crippen LogP contribution in [0.1, 0.15) is 131 Å². The van der Waals surface area contributed by atoms with Gasteiger partial charge < -0.3 is 9.47 Å². The second-order valence-electron chi connectivity index (χ2n) is 9.60. The second-order valence-corrected chi connectivity index (χ2v) is 14.8. The van der Waals surface area contributed by atoms with Crippen molar-refractivity contribution in [2.24, 2.45) is 11.8 Å². The first-order valence-corrected chi connectivity index (χ1v) is 20.4. The van der Waals surface area contributed by atoms with Gasteiger partial charge >= 0.3 is 81.5 Å². The van der Waals surface area contributed by atoms with E-state index >= 15 is 0 Å². The quantitative estimate of drug-likeness (QED) is 0.0523. The van der Waals surface area contributed by atoms with Crippen LogP contribution in [-0.4, -0.2) is 57.8 Å². The first-order valence-electron chi connectivity index (χ1n) is 15.1. The molecule has 0 saturated carbocycles. The molecule has 0 N–H and O–H groups in total. The number of rotatable bonds is 22. The number of carbonyl (C=O) groups excluding carboxylic acids is 2. The van der Waals surface area contributed by atoms with Crippen LogP contribution < -0.4 is 0 Å². The van der Waals surface area contributed by atoms with E-state index in [-0.39, 0.29) is 33.1 Å². The Bertz CT molecular complexity index is 427. The number of hydrogen-bond acceptors (Lipinski definition) is 6. The van der Waals surface area contributed by atoms with Crippen LogP contribution in [0.4, 0.5) is 0 Å². The van der Waals surface area contributed by atoms with Gasteiger partial charge in [-0.3, -0.25) is 9.59 Å². The molecule has 0 aliphatic rings. The molecule has 0 saturated heterocycles. The number of esters is 2. The van der Waals surface area contributed by atoms with E-state index in [9.17, 15) is 9.59 Å². The average molecular weight is 670 g/mol. The van der Waals surface area contributed by atoms with Gasteiger partial charge in [0, 0.05) is 11.5 Å². The molecule has 0 rings (SSSR count). The number of unbranched alkanes of at least 4 members (excludes halogenated alkanes) is 4. The molecule has 0 amide bonds. The van der Waals surface area contributed by atoms with Crippen molar-refractivity contribution in [3.8, 4) is 0 Å². The fourth-order valence-electron chi connectivity index (χ4n) is 3.27. The van der Waals surface area contributed by atoms with Crippen molar-refractivity contribution in [1.29, 1.82) is 0 Å². The Hall–Kier alpha value is 0.439. The van der Waals surface area contributed by atoms with Crippen molar-refractivity contribution in [2.75, 3.05) is 24.7 Å². The van der Waals surface area contributed by atoms with Crippen LogP contribution in [0.2, 0.25) is 8.87 Å². The van der Waals surface area contributed by atoms with Crippen LogP contribution in [0.15, 0.2) is 0 Å². The summed E-state index contributed by atoms with van der Waals surface area (Å²) < 4.78 is 13.5. The summed E-state index contributed by atoms with van der Waals surface area (Å²) in [7, 11) is 0. The molecule has 0 aliphatic carbocycles. The summed E-state index contributed by atoms with van der Waals surface area (Å²) in [4.78, 5) is 22.1. The molecule has 0 aromatic heterocycles. The second kappa shape index (κ2) is 36.4. The monoisotopic (exact) mass is 670 g/mol.